The highest BCUT2D eigenvalue weighted by Gasteiger charge is 2.47. The first-order valence-corrected chi connectivity index (χ1v) is 6.42. The van der Waals surface area contributed by atoms with E-state index in [1.54, 1.807) is 6.08 Å². The molecule has 2 heteroatoms. The summed E-state index contributed by atoms with van der Waals surface area (Å²) in [6.45, 7) is 8.74. The topological polar surface area (TPSA) is 26.3 Å². The van der Waals surface area contributed by atoms with Crippen molar-refractivity contribution in [3.8, 4) is 0 Å². The van der Waals surface area contributed by atoms with E-state index in [4.69, 9.17) is 4.74 Å². The minimum Gasteiger partial charge on any atom is -0.359 e. The van der Waals surface area contributed by atoms with Crippen LogP contribution < -0.4 is 0 Å². The second kappa shape index (κ2) is 4.09. The monoisotopic (exact) mass is 234 g/mol. The summed E-state index contributed by atoms with van der Waals surface area (Å²) < 4.78 is 6.18. The molecule has 0 spiro atoms. The van der Waals surface area contributed by atoms with Crippen LogP contribution in [0.15, 0.2) is 23.3 Å². The third kappa shape index (κ3) is 2.11. The molecule has 1 heterocycles. The third-order valence-corrected chi connectivity index (χ3v) is 4.24. The number of fused-ring (bicyclic) bond motifs is 1. The van der Waals surface area contributed by atoms with Gasteiger partial charge in [-0.25, -0.2) is 0 Å². The second-order valence-corrected chi connectivity index (χ2v) is 6.13. The Morgan fingerprint density at radius 3 is 2.71 bits per heavy atom. The fourth-order valence-corrected chi connectivity index (χ4v) is 3.27. The van der Waals surface area contributed by atoms with Crippen LogP contribution in [-0.2, 0) is 9.53 Å². The number of allylic oxidation sites excluding steroid dienone is 1. The van der Waals surface area contributed by atoms with Gasteiger partial charge in [-0.1, -0.05) is 13.8 Å². The summed E-state index contributed by atoms with van der Waals surface area (Å²) in [5.41, 5.74) is 2.52. The van der Waals surface area contributed by atoms with E-state index in [1.165, 1.54) is 18.4 Å². The van der Waals surface area contributed by atoms with Gasteiger partial charge in [-0.2, -0.15) is 0 Å². The van der Waals surface area contributed by atoms with Gasteiger partial charge in [-0.3, -0.25) is 4.79 Å². The lowest BCUT2D eigenvalue weighted by molar-refractivity contribution is -0.104. The summed E-state index contributed by atoms with van der Waals surface area (Å²) in [5.74, 6) is 0. The summed E-state index contributed by atoms with van der Waals surface area (Å²) >= 11 is 0. The lowest BCUT2D eigenvalue weighted by Gasteiger charge is -2.42. The van der Waals surface area contributed by atoms with E-state index in [0.29, 0.717) is 0 Å². The summed E-state index contributed by atoms with van der Waals surface area (Å²) in [6.07, 6.45) is 8.19. The van der Waals surface area contributed by atoms with Crippen molar-refractivity contribution < 1.29 is 9.53 Å². The van der Waals surface area contributed by atoms with E-state index in [2.05, 4.69) is 26.8 Å². The molecule has 94 valence electrons. The number of rotatable bonds is 2. The number of hydrogen-bond donors (Lipinski definition) is 0. The van der Waals surface area contributed by atoms with Gasteiger partial charge in [-0.05, 0) is 61.8 Å². The molecule has 1 aliphatic carbocycles. The minimum atomic E-state index is -0.121. The zero-order valence-corrected chi connectivity index (χ0v) is 11.2. The van der Waals surface area contributed by atoms with E-state index < -0.39 is 0 Å². The van der Waals surface area contributed by atoms with Crippen LogP contribution in [0.5, 0.6) is 0 Å². The molecule has 1 saturated carbocycles. The van der Waals surface area contributed by atoms with Gasteiger partial charge in [-0.15, -0.1) is 0 Å². The first-order chi connectivity index (χ1) is 7.89. The van der Waals surface area contributed by atoms with Gasteiger partial charge in [0, 0.05) is 0 Å². The van der Waals surface area contributed by atoms with Gasteiger partial charge in [0.1, 0.15) is 6.29 Å². The largest absolute Gasteiger partial charge is 0.359 e. The fourth-order valence-electron chi connectivity index (χ4n) is 3.27. The van der Waals surface area contributed by atoms with Crippen molar-refractivity contribution in [1.82, 2.24) is 0 Å². The Balaban J connectivity index is 2.33. The van der Waals surface area contributed by atoms with Crippen molar-refractivity contribution in [1.29, 1.82) is 0 Å². The first kappa shape index (κ1) is 12.6. The van der Waals surface area contributed by atoms with Crippen molar-refractivity contribution in [2.75, 3.05) is 0 Å². The molecule has 1 fully saturated rings. The van der Waals surface area contributed by atoms with Crippen molar-refractivity contribution in [3.63, 3.8) is 0 Å². The number of aldehydes is 1. The van der Waals surface area contributed by atoms with Crippen molar-refractivity contribution in [2.24, 2.45) is 5.41 Å². The number of ether oxygens (including phenoxy) is 1. The van der Waals surface area contributed by atoms with Crippen LogP contribution >= 0.6 is 0 Å². The Labute approximate surface area is 104 Å². The maximum Gasteiger partial charge on any atom is 0.142 e. The Hall–Kier alpha value is -0.890. The number of hydrogen-bond acceptors (Lipinski definition) is 2. The highest BCUT2D eigenvalue weighted by molar-refractivity contribution is 5.66. The Morgan fingerprint density at radius 2 is 2.12 bits per heavy atom. The normalized spacial score (nSPS) is 36.4. The Kier molecular flexibility index (Phi) is 3.03. The molecule has 2 aliphatic rings. The van der Waals surface area contributed by atoms with E-state index in [-0.39, 0.29) is 17.1 Å². The van der Waals surface area contributed by atoms with Crippen LogP contribution in [-0.4, -0.2) is 18.0 Å². The molecule has 2 rings (SSSR count). The third-order valence-electron chi connectivity index (χ3n) is 4.24. The summed E-state index contributed by atoms with van der Waals surface area (Å²) in [6, 6.07) is 0. The average molecular weight is 234 g/mol. The van der Waals surface area contributed by atoms with Crippen LogP contribution in [0.3, 0.4) is 0 Å². The molecule has 2 atom stereocenters. The highest BCUT2D eigenvalue weighted by atomic mass is 16.5. The SMILES string of the molecule is C/C(=C\C=O)C1C=C2C(C)(C)CCCC2(C)O1. The smallest absolute Gasteiger partial charge is 0.142 e. The molecule has 17 heavy (non-hydrogen) atoms. The summed E-state index contributed by atoms with van der Waals surface area (Å²) in [4.78, 5) is 10.5. The van der Waals surface area contributed by atoms with Crippen molar-refractivity contribution in [3.05, 3.63) is 23.3 Å². The summed E-state index contributed by atoms with van der Waals surface area (Å²) in [5, 5.41) is 0. The lowest BCUT2D eigenvalue weighted by atomic mass is 9.67. The van der Waals surface area contributed by atoms with Gasteiger partial charge >= 0.3 is 0 Å². The van der Waals surface area contributed by atoms with Gasteiger partial charge in [0.25, 0.3) is 0 Å². The minimum absolute atomic E-state index is 0.0161. The van der Waals surface area contributed by atoms with E-state index in [9.17, 15) is 4.79 Å². The molecule has 2 unspecified atom stereocenters. The van der Waals surface area contributed by atoms with Crippen LogP contribution in [0, 0.1) is 5.41 Å². The average Bonchev–Trinajstić information content (AvgIpc) is 2.57. The molecule has 0 amide bonds. The van der Waals surface area contributed by atoms with Crippen molar-refractivity contribution in [2.45, 2.75) is 58.7 Å². The van der Waals surface area contributed by atoms with Gasteiger partial charge < -0.3 is 4.74 Å². The molecule has 0 radical (unpaired) electrons. The Morgan fingerprint density at radius 1 is 1.41 bits per heavy atom. The molecular weight excluding hydrogens is 212 g/mol. The lowest BCUT2D eigenvalue weighted by Crippen LogP contribution is -2.39. The molecule has 2 nitrogen and oxygen atoms in total. The van der Waals surface area contributed by atoms with Crippen LogP contribution in [0.25, 0.3) is 0 Å². The van der Waals surface area contributed by atoms with E-state index in [0.717, 1.165) is 18.3 Å². The quantitative estimate of drug-likeness (QED) is 0.416. The molecular formula is C15H22O2. The second-order valence-electron chi connectivity index (χ2n) is 6.13. The van der Waals surface area contributed by atoms with Gasteiger partial charge in [0.2, 0.25) is 0 Å². The standard InChI is InChI=1S/C15H22O2/c1-11(6-9-16)12-10-13-14(2,3)7-5-8-15(13,4)17-12/h6,9-10,12H,5,7-8H2,1-4H3/b11-6+. The van der Waals surface area contributed by atoms with Crippen LogP contribution in [0.4, 0.5) is 0 Å². The predicted octanol–water partition coefficient (Wildman–Crippen LogP) is 3.43. The highest BCUT2D eigenvalue weighted by Crippen LogP contribution is 2.51. The first-order valence-electron chi connectivity index (χ1n) is 6.42. The molecule has 0 aromatic rings. The van der Waals surface area contributed by atoms with Crippen molar-refractivity contribution >= 4 is 6.29 Å². The maximum absolute atomic E-state index is 10.5. The zero-order chi connectivity index (χ0) is 12.7. The van der Waals surface area contributed by atoms with E-state index >= 15 is 0 Å². The molecule has 0 aromatic heterocycles. The number of carbonyl (C=O) groups is 1. The van der Waals surface area contributed by atoms with Gasteiger partial charge in [0.15, 0.2) is 0 Å². The summed E-state index contributed by atoms with van der Waals surface area (Å²) in [7, 11) is 0. The zero-order valence-electron chi connectivity index (χ0n) is 11.2. The molecule has 0 aromatic carbocycles. The Bertz CT molecular complexity index is 390. The number of carbonyl (C=O) groups excluding carboxylic acids is 1. The predicted molar refractivity (Wildman–Crippen MR) is 68.8 cm³/mol. The van der Waals surface area contributed by atoms with Crippen LogP contribution in [0.1, 0.15) is 47.0 Å². The molecule has 1 aliphatic heterocycles. The molecule has 0 bridgehead atoms. The molecule has 0 saturated heterocycles. The molecule has 0 N–H and O–H groups in total. The van der Waals surface area contributed by atoms with Gasteiger partial charge in [0.05, 0.1) is 11.7 Å². The maximum atomic E-state index is 10.5. The fraction of sp³-hybridized carbons (Fsp3) is 0.667. The van der Waals surface area contributed by atoms with E-state index in [1.807, 2.05) is 6.92 Å². The van der Waals surface area contributed by atoms with Crippen LogP contribution in [0.2, 0.25) is 0 Å².